The van der Waals surface area contributed by atoms with E-state index in [1.807, 2.05) is 31.3 Å². The summed E-state index contributed by atoms with van der Waals surface area (Å²) in [4.78, 5) is 28.3. The maximum absolute atomic E-state index is 13.2. The molecular weight excluding hydrogens is 406 g/mol. The minimum Gasteiger partial charge on any atom is -0.485 e. The number of rotatable bonds is 3. The van der Waals surface area contributed by atoms with Gasteiger partial charge in [-0.2, -0.15) is 13.9 Å². The van der Waals surface area contributed by atoms with Gasteiger partial charge in [-0.15, -0.1) is 0 Å². The molecule has 0 radical (unpaired) electrons. The molecule has 0 saturated heterocycles. The zero-order valence-corrected chi connectivity index (χ0v) is 17.6. The summed E-state index contributed by atoms with van der Waals surface area (Å²) in [5.41, 5.74) is 0.255. The molecule has 1 spiro atoms. The lowest BCUT2D eigenvalue weighted by Crippen LogP contribution is -2.52. The average molecular weight is 432 g/mol. The molecule has 2 aliphatic rings. The summed E-state index contributed by atoms with van der Waals surface area (Å²) in [7, 11) is 1.81. The summed E-state index contributed by atoms with van der Waals surface area (Å²) in [6.45, 7) is -0.593. The molecule has 1 aliphatic carbocycles. The zero-order valence-electron chi connectivity index (χ0n) is 17.6. The standard InChI is InChI=1S/C22H26F2N4O3/c1-15(29)26(2)17-7-10-22(11-8-17)14-27(13-16-5-3-4-6-19(16)31-22)20(30)18-9-12-28(25-18)21(23)24/h3-6,9,12,17,21H,7-8,10-11,13-14H2,1-2H3. The first-order valence-electron chi connectivity index (χ1n) is 10.4. The monoisotopic (exact) mass is 432 g/mol. The summed E-state index contributed by atoms with van der Waals surface area (Å²) in [5, 5.41) is 3.75. The van der Waals surface area contributed by atoms with Crippen molar-refractivity contribution in [3.8, 4) is 5.75 Å². The summed E-state index contributed by atoms with van der Waals surface area (Å²) in [6.07, 6.45) is 4.00. The molecular formula is C22H26F2N4O3. The SMILES string of the molecule is CC(=O)N(C)C1CCC2(CC1)CN(C(=O)c1ccn(C(F)F)n1)Cc1ccccc1O2. The lowest BCUT2D eigenvalue weighted by atomic mass is 9.81. The molecule has 2 amide bonds. The van der Waals surface area contributed by atoms with Crippen LogP contribution in [0.3, 0.4) is 0 Å². The fraction of sp³-hybridized carbons (Fsp3) is 0.500. The van der Waals surface area contributed by atoms with Crippen LogP contribution < -0.4 is 4.74 Å². The van der Waals surface area contributed by atoms with Gasteiger partial charge in [-0.25, -0.2) is 4.68 Å². The number of aromatic nitrogens is 2. The van der Waals surface area contributed by atoms with Crippen LogP contribution in [0.4, 0.5) is 8.78 Å². The van der Waals surface area contributed by atoms with Crippen molar-refractivity contribution >= 4 is 11.8 Å². The lowest BCUT2D eigenvalue weighted by Gasteiger charge is -2.43. The molecule has 1 aromatic carbocycles. The van der Waals surface area contributed by atoms with E-state index >= 15 is 0 Å². The van der Waals surface area contributed by atoms with Gasteiger partial charge in [-0.1, -0.05) is 18.2 Å². The predicted octanol–water partition coefficient (Wildman–Crippen LogP) is 3.47. The number of para-hydroxylation sites is 1. The lowest BCUT2D eigenvalue weighted by molar-refractivity contribution is -0.131. The molecule has 2 heterocycles. The highest BCUT2D eigenvalue weighted by molar-refractivity contribution is 5.92. The van der Waals surface area contributed by atoms with Crippen LogP contribution in [0.1, 0.15) is 55.2 Å². The second-order valence-corrected chi connectivity index (χ2v) is 8.37. The van der Waals surface area contributed by atoms with Gasteiger partial charge in [-0.05, 0) is 37.8 Å². The van der Waals surface area contributed by atoms with Crippen molar-refractivity contribution < 1.29 is 23.1 Å². The maximum atomic E-state index is 13.2. The van der Waals surface area contributed by atoms with E-state index in [0.29, 0.717) is 30.6 Å². The molecule has 1 saturated carbocycles. The Morgan fingerprint density at radius 2 is 1.94 bits per heavy atom. The highest BCUT2D eigenvalue weighted by Gasteiger charge is 2.43. The largest absolute Gasteiger partial charge is 0.485 e. The zero-order chi connectivity index (χ0) is 22.2. The third-order valence-corrected chi connectivity index (χ3v) is 6.36. The fourth-order valence-electron chi connectivity index (χ4n) is 4.51. The first-order valence-corrected chi connectivity index (χ1v) is 10.4. The van der Waals surface area contributed by atoms with Gasteiger partial charge in [0.15, 0.2) is 5.69 Å². The summed E-state index contributed by atoms with van der Waals surface area (Å²) in [5.74, 6) is 0.357. The molecule has 4 rings (SSSR count). The van der Waals surface area contributed by atoms with E-state index in [1.165, 1.54) is 6.07 Å². The van der Waals surface area contributed by atoms with Gasteiger partial charge in [0.25, 0.3) is 5.91 Å². The maximum Gasteiger partial charge on any atom is 0.333 e. The Bertz CT molecular complexity index is 969. The molecule has 2 aromatic rings. The molecule has 166 valence electrons. The summed E-state index contributed by atoms with van der Waals surface area (Å²) >= 11 is 0. The van der Waals surface area contributed by atoms with Crippen LogP contribution in [0, 0.1) is 0 Å². The van der Waals surface area contributed by atoms with Crippen LogP contribution in [0.2, 0.25) is 0 Å². The Balaban J connectivity index is 1.60. The van der Waals surface area contributed by atoms with E-state index in [0.717, 1.165) is 30.4 Å². The highest BCUT2D eigenvalue weighted by Crippen LogP contribution is 2.39. The van der Waals surface area contributed by atoms with E-state index in [4.69, 9.17) is 4.74 Å². The minimum atomic E-state index is -2.80. The van der Waals surface area contributed by atoms with Gasteiger partial charge in [0, 0.05) is 38.3 Å². The third-order valence-electron chi connectivity index (χ3n) is 6.36. The first kappa shape index (κ1) is 21.3. The Labute approximate surface area is 179 Å². The number of carbonyl (C=O) groups is 2. The number of nitrogens with zero attached hydrogens (tertiary/aromatic N) is 4. The van der Waals surface area contributed by atoms with Crippen LogP contribution in [0.15, 0.2) is 36.5 Å². The van der Waals surface area contributed by atoms with Crippen LogP contribution in [-0.2, 0) is 11.3 Å². The molecule has 9 heteroatoms. The number of fused-ring (bicyclic) bond motifs is 1. The molecule has 7 nitrogen and oxygen atoms in total. The van der Waals surface area contributed by atoms with Crippen LogP contribution in [0.25, 0.3) is 0 Å². The number of hydrogen-bond donors (Lipinski definition) is 0. The van der Waals surface area contributed by atoms with E-state index in [9.17, 15) is 18.4 Å². The number of benzene rings is 1. The van der Waals surface area contributed by atoms with E-state index in [1.54, 1.807) is 16.7 Å². The Morgan fingerprint density at radius 1 is 1.23 bits per heavy atom. The average Bonchev–Trinajstić information content (AvgIpc) is 3.19. The van der Waals surface area contributed by atoms with Gasteiger partial charge in [0.05, 0.1) is 6.54 Å². The highest BCUT2D eigenvalue weighted by atomic mass is 19.3. The van der Waals surface area contributed by atoms with Gasteiger partial charge < -0.3 is 14.5 Å². The summed E-state index contributed by atoms with van der Waals surface area (Å²) < 4.78 is 32.8. The van der Waals surface area contributed by atoms with Crippen molar-refractivity contribution in [1.82, 2.24) is 19.6 Å². The van der Waals surface area contributed by atoms with Crippen molar-refractivity contribution in [3.05, 3.63) is 47.8 Å². The first-order chi connectivity index (χ1) is 14.8. The van der Waals surface area contributed by atoms with Gasteiger partial charge in [-0.3, -0.25) is 9.59 Å². The second-order valence-electron chi connectivity index (χ2n) is 8.37. The minimum absolute atomic E-state index is 0.0140. The number of ether oxygens (including phenoxy) is 1. The van der Waals surface area contributed by atoms with Gasteiger partial charge in [0.2, 0.25) is 5.91 Å². The Morgan fingerprint density at radius 3 is 2.58 bits per heavy atom. The number of hydrogen-bond acceptors (Lipinski definition) is 4. The number of halogens is 2. The van der Waals surface area contributed by atoms with E-state index in [2.05, 4.69) is 5.10 Å². The molecule has 0 unspecified atom stereocenters. The van der Waals surface area contributed by atoms with Crippen molar-refractivity contribution in [1.29, 1.82) is 0 Å². The van der Waals surface area contributed by atoms with Crippen molar-refractivity contribution in [2.75, 3.05) is 13.6 Å². The number of alkyl halides is 2. The molecule has 1 fully saturated rings. The van der Waals surface area contributed by atoms with Crippen molar-refractivity contribution in [3.63, 3.8) is 0 Å². The molecule has 0 atom stereocenters. The fourth-order valence-corrected chi connectivity index (χ4v) is 4.51. The normalized spacial score (nSPS) is 23.3. The van der Waals surface area contributed by atoms with Crippen molar-refractivity contribution in [2.45, 2.75) is 57.3 Å². The Kier molecular flexibility index (Phi) is 5.68. The molecule has 31 heavy (non-hydrogen) atoms. The number of amides is 2. The summed E-state index contributed by atoms with van der Waals surface area (Å²) in [6, 6.07) is 9.02. The van der Waals surface area contributed by atoms with E-state index < -0.39 is 18.1 Å². The predicted molar refractivity (Wildman–Crippen MR) is 109 cm³/mol. The van der Waals surface area contributed by atoms with Crippen molar-refractivity contribution in [2.24, 2.45) is 0 Å². The number of carbonyl (C=O) groups excluding carboxylic acids is 2. The molecule has 1 aliphatic heterocycles. The van der Waals surface area contributed by atoms with Gasteiger partial charge in [0.1, 0.15) is 11.4 Å². The molecule has 0 bridgehead atoms. The smallest absolute Gasteiger partial charge is 0.333 e. The second kappa shape index (κ2) is 8.28. The molecule has 0 N–H and O–H groups in total. The van der Waals surface area contributed by atoms with Gasteiger partial charge >= 0.3 is 6.55 Å². The quantitative estimate of drug-likeness (QED) is 0.745. The third kappa shape index (κ3) is 4.26. The van der Waals surface area contributed by atoms with Crippen LogP contribution >= 0.6 is 0 Å². The van der Waals surface area contributed by atoms with E-state index in [-0.39, 0.29) is 17.6 Å². The Hall–Kier alpha value is -2.97. The van der Waals surface area contributed by atoms with Crippen LogP contribution in [0.5, 0.6) is 5.75 Å². The van der Waals surface area contributed by atoms with Crippen LogP contribution in [-0.4, -0.2) is 56.6 Å². The molecule has 1 aromatic heterocycles. The topological polar surface area (TPSA) is 67.7 Å².